The van der Waals surface area contributed by atoms with Crippen molar-refractivity contribution in [3.05, 3.63) is 64.8 Å². The summed E-state index contributed by atoms with van der Waals surface area (Å²) in [5.41, 5.74) is 4.06. The van der Waals surface area contributed by atoms with Crippen LogP contribution in [-0.4, -0.2) is 5.78 Å². The van der Waals surface area contributed by atoms with Crippen molar-refractivity contribution in [3.8, 4) is 0 Å². The van der Waals surface area contributed by atoms with Gasteiger partial charge in [-0.3, -0.25) is 4.79 Å². The van der Waals surface area contributed by atoms with E-state index in [0.29, 0.717) is 0 Å². The summed E-state index contributed by atoms with van der Waals surface area (Å²) in [6.07, 6.45) is 2.17. The van der Waals surface area contributed by atoms with Gasteiger partial charge in [-0.1, -0.05) is 23.5 Å². The van der Waals surface area contributed by atoms with Crippen LogP contribution in [0.25, 0.3) is 16.3 Å². The highest BCUT2D eigenvalue weighted by Gasteiger charge is 2.16. The third-order valence-corrected chi connectivity index (χ3v) is 5.04. The second-order valence-corrected chi connectivity index (χ2v) is 6.80. The van der Waals surface area contributed by atoms with Crippen LogP contribution in [0.5, 0.6) is 0 Å². The molecule has 3 aromatic rings. The number of allylic oxidation sites excluding steroid dienone is 1. The number of anilines is 1. The van der Waals surface area contributed by atoms with Gasteiger partial charge in [0.25, 0.3) is 5.01 Å². The number of hydrogen-bond acceptors (Lipinski definition) is 3. The number of aromatic nitrogens is 1. The lowest BCUT2D eigenvalue weighted by molar-refractivity contribution is -0.665. The number of carbonyl (C=O) groups is 1. The first kappa shape index (κ1) is 16.4. The van der Waals surface area contributed by atoms with Gasteiger partial charge in [-0.15, -0.1) is 0 Å². The molecular weight excluding hydrogens is 316 g/mol. The van der Waals surface area contributed by atoms with E-state index < -0.39 is 0 Å². The minimum absolute atomic E-state index is 0.0862. The van der Waals surface area contributed by atoms with E-state index in [0.717, 1.165) is 23.5 Å². The fraction of sp³-hybridized carbons (Fsp3) is 0.200. The maximum absolute atomic E-state index is 11.3. The summed E-state index contributed by atoms with van der Waals surface area (Å²) in [6.45, 7) is 6.75. The highest BCUT2D eigenvalue weighted by Crippen LogP contribution is 2.22. The lowest BCUT2D eigenvalue weighted by atomic mass is 10.1. The molecule has 3 nitrogen and oxygen atoms in total. The Balaban J connectivity index is 1.86. The Kier molecular flexibility index (Phi) is 4.76. The number of nitrogens with one attached hydrogen (secondary N) is 1. The van der Waals surface area contributed by atoms with Crippen molar-refractivity contribution < 1.29 is 9.36 Å². The number of rotatable bonds is 5. The number of Topliss-reactive ketones (excluding diaryl/α,β-unsaturated/α-hetero) is 1. The van der Waals surface area contributed by atoms with Gasteiger partial charge in [0.05, 0.1) is 0 Å². The van der Waals surface area contributed by atoms with Gasteiger partial charge in [0, 0.05) is 29.1 Å². The van der Waals surface area contributed by atoms with Crippen LogP contribution in [0.2, 0.25) is 0 Å². The number of benzene rings is 2. The minimum atomic E-state index is 0.0862. The summed E-state index contributed by atoms with van der Waals surface area (Å²) in [6, 6.07) is 16.1. The van der Waals surface area contributed by atoms with E-state index in [-0.39, 0.29) is 5.78 Å². The zero-order valence-corrected chi connectivity index (χ0v) is 15.0. The molecule has 0 radical (unpaired) electrons. The summed E-state index contributed by atoms with van der Waals surface area (Å²) in [4.78, 5) is 11.3. The number of hydrogen-bond donors (Lipinski definition) is 1. The van der Waals surface area contributed by atoms with Crippen LogP contribution in [0.15, 0.2) is 54.2 Å². The van der Waals surface area contributed by atoms with Gasteiger partial charge in [0.1, 0.15) is 11.2 Å². The Labute approximate surface area is 146 Å². The van der Waals surface area contributed by atoms with Crippen molar-refractivity contribution in [3.63, 3.8) is 0 Å². The second kappa shape index (κ2) is 6.97. The second-order valence-electron chi connectivity index (χ2n) is 5.74. The Morgan fingerprint density at radius 2 is 1.83 bits per heavy atom. The van der Waals surface area contributed by atoms with E-state index in [1.807, 2.05) is 24.3 Å². The molecule has 0 aliphatic carbocycles. The first-order valence-corrected chi connectivity index (χ1v) is 8.88. The third-order valence-electron chi connectivity index (χ3n) is 3.93. The topological polar surface area (TPSA) is 33.0 Å². The molecule has 0 saturated heterocycles. The molecule has 0 unspecified atom stereocenters. The Morgan fingerprint density at radius 3 is 2.50 bits per heavy atom. The minimum Gasteiger partial charge on any atom is -0.359 e. The molecule has 0 aliphatic heterocycles. The monoisotopic (exact) mass is 337 g/mol. The maximum atomic E-state index is 11.3. The van der Waals surface area contributed by atoms with Crippen molar-refractivity contribution in [2.45, 2.75) is 27.3 Å². The summed E-state index contributed by atoms with van der Waals surface area (Å²) < 4.78 is 3.62. The van der Waals surface area contributed by atoms with Crippen molar-refractivity contribution in [1.82, 2.24) is 0 Å². The molecule has 3 rings (SSSR count). The molecule has 24 heavy (non-hydrogen) atoms. The first-order valence-electron chi connectivity index (χ1n) is 8.06. The summed E-state index contributed by atoms with van der Waals surface area (Å²) in [7, 11) is 0. The molecule has 0 amide bonds. The predicted octanol–water partition coefficient (Wildman–Crippen LogP) is 4.88. The number of fused-ring (bicyclic) bond motifs is 1. The Hall–Kier alpha value is -2.46. The number of ketones is 1. The molecule has 0 spiro atoms. The van der Waals surface area contributed by atoms with Crippen LogP contribution >= 0.6 is 11.3 Å². The van der Waals surface area contributed by atoms with E-state index >= 15 is 0 Å². The van der Waals surface area contributed by atoms with Gasteiger partial charge in [0.15, 0.2) is 5.78 Å². The molecule has 1 aromatic heterocycles. The quantitative estimate of drug-likeness (QED) is 0.531. The number of carbonyl (C=O) groups excluding carboxylic acids is 1. The first-order chi connectivity index (χ1) is 11.6. The highest BCUT2D eigenvalue weighted by molar-refractivity contribution is 7.18. The lowest BCUT2D eigenvalue weighted by Gasteiger charge is -2.06. The number of nitrogens with zero attached hydrogens (tertiary/aromatic N) is 1. The molecule has 2 aromatic carbocycles. The van der Waals surface area contributed by atoms with E-state index in [2.05, 4.69) is 54.1 Å². The van der Waals surface area contributed by atoms with E-state index in [4.69, 9.17) is 0 Å². The van der Waals surface area contributed by atoms with Crippen molar-refractivity contribution in [2.24, 2.45) is 0 Å². The summed E-state index contributed by atoms with van der Waals surface area (Å²) >= 11 is 1.80. The lowest BCUT2D eigenvalue weighted by Crippen LogP contribution is -2.33. The number of para-hydroxylation sites is 1. The Bertz CT molecular complexity index is 907. The summed E-state index contributed by atoms with van der Waals surface area (Å²) in [5.74, 6) is 0.0862. The molecule has 4 heteroatoms. The van der Waals surface area contributed by atoms with Crippen LogP contribution in [0.3, 0.4) is 0 Å². The molecule has 0 aliphatic rings. The standard InChI is InChI=1S/C20H20N2OS/c1-4-22-18-7-5-6-8-19(18)24-20(22)13-14(2)21-17-11-9-16(10-12-17)15(3)23/h5-13H,4H2,1-3H3/p+1. The smallest absolute Gasteiger partial charge is 0.264 e. The van der Waals surface area contributed by atoms with Gasteiger partial charge >= 0.3 is 0 Å². The maximum Gasteiger partial charge on any atom is 0.264 e. The normalized spacial score (nSPS) is 11.7. The molecule has 0 bridgehead atoms. The SMILES string of the molecule is CC[n+]1c(C=C(C)Nc2ccc(C(C)=O)cc2)sc2ccccc21. The van der Waals surface area contributed by atoms with E-state index in [1.165, 1.54) is 15.2 Å². The van der Waals surface area contributed by atoms with Gasteiger partial charge in [-0.25, -0.2) is 0 Å². The average Bonchev–Trinajstić information content (AvgIpc) is 2.92. The Morgan fingerprint density at radius 1 is 1.12 bits per heavy atom. The zero-order valence-electron chi connectivity index (χ0n) is 14.2. The van der Waals surface area contributed by atoms with Crippen LogP contribution < -0.4 is 9.88 Å². The fourth-order valence-corrected chi connectivity index (χ4v) is 3.95. The third kappa shape index (κ3) is 3.39. The van der Waals surface area contributed by atoms with Crippen molar-refractivity contribution >= 4 is 39.1 Å². The van der Waals surface area contributed by atoms with Crippen LogP contribution in [-0.2, 0) is 6.54 Å². The predicted molar refractivity (Wildman–Crippen MR) is 101 cm³/mol. The zero-order chi connectivity index (χ0) is 17.1. The van der Waals surface area contributed by atoms with Crippen molar-refractivity contribution in [1.29, 1.82) is 0 Å². The van der Waals surface area contributed by atoms with Crippen LogP contribution in [0.4, 0.5) is 5.69 Å². The highest BCUT2D eigenvalue weighted by atomic mass is 32.1. The van der Waals surface area contributed by atoms with E-state index in [1.54, 1.807) is 18.3 Å². The van der Waals surface area contributed by atoms with Crippen molar-refractivity contribution in [2.75, 3.05) is 5.32 Å². The van der Waals surface area contributed by atoms with Gasteiger partial charge in [-0.2, -0.15) is 4.57 Å². The summed E-state index contributed by atoms with van der Waals surface area (Å²) in [5, 5.41) is 4.62. The molecule has 1 N–H and O–H groups in total. The molecule has 122 valence electrons. The molecule has 0 fully saturated rings. The molecule has 0 saturated carbocycles. The largest absolute Gasteiger partial charge is 0.359 e. The number of aryl methyl sites for hydroxylation is 1. The van der Waals surface area contributed by atoms with Gasteiger partial charge in [-0.05, 0) is 51.1 Å². The number of thiazole rings is 1. The molecule has 1 heterocycles. The van der Waals surface area contributed by atoms with Crippen LogP contribution in [0, 0.1) is 0 Å². The van der Waals surface area contributed by atoms with Crippen LogP contribution in [0.1, 0.15) is 36.1 Å². The average molecular weight is 337 g/mol. The molecular formula is C20H21N2OS+. The molecule has 0 atom stereocenters. The van der Waals surface area contributed by atoms with Gasteiger partial charge < -0.3 is 5.32 Å². The van der Waals surface area contributed by atoms with Gasteiger partial charge in [0.2, 0.25) is 5.52 Å². The fourth-order valence-electron chi connectivity index (χ4n) is 2.72. The van der Waals surface area contributed by atoms with E-state index in [9.17, 15) is 4.79 Å².